The van der Waals surface area contributed by atoms with Crippen LogP contribution in [0.5, 0.6) is 23.0 Å². The summed E-state index contributed by atoms with van der Waals surface area (Å²) in [7, 11) is 0. The second-order valence-corrected chi connectivity index (χ2v) is 8.05. The average Bonchev–Trinajstić information content (AvgIpc) is 2.81. The smallest absolute Gasteiger partial charge is 0.311 e. The topological polar surface area (TPSA) is 105 Å². The van der Waals surface area contributed by atoms with Crippen LogP contribution in [0, 0.1) is 0 Å². The second-order valence-electron chi connectivity index (χ2n) is 7.65. The average molecular weight is 468 g/mol. The number of aromatic hydroxyl groups is 1. The normalized spacial score (nSPS) is 14.6. The van der Waals surface area contributed by atoms with Crippen molar-refractivity contribution < 1.29 is 29.3 Å². The molecule has 0 radical (unpaired) electrons. The quantitative estimate of drug-likeness (QED) is 0.462. The number of carboxylic acid groups (broad SMARTS) is 1. The van der Waals surface area contributed by atoms with E-state index in [1.165, 1.54) is 0 Å². The van der Waals surface area contributed by atoms with E-state index in [1.54, 1.807) is 48.5 Å². The van der Waals surface area contributed by atoms with Gasteiger partial charge in [0.1, 0.15) is 23.0 Å². The number of carbonyl (C=O) groups is 2. The SMILES string of the molecule is O=C(NCCc1ccc(O)cc1)c1ccc(Oc2cc3c(cc2Cl)C(C(=O)O)CCO3)cc1. The zero-order valence-corrected chi connectivity index (χ0v) is 18.3. The van der Waals surface area contributed by atoms with Gasteiger partial charge in [-0.3, -0.25) is 9.59 Å². The summed E-state index contributed by atoms with van der Waals surface area (Å²) < 4.78 is 11.4. The van der Waals surface area contributed by atoms with Crippen molar-refractivity contribution in [2.45, 2.75) is 18.8 Å². The fourth-order valence-electron chi connectivity index (χ4n) is 3.61. The minimum atomic E-state index is -0.916. The van der Waals surface area contributed by atoms with Crippen molar-refractivity contribution in [1.82, 2.24) is 5.32 Å². The van der Waals surface area contributed by atoms with Crippen LogP contribution >= 0.6 is 11.6 Å². The Morgan fingerprint density at radius 1 is 1.09 bits per heavy atom. The van der Waals surface area contributed by atoms with Crippen LogP contribution in [0.2, 0.25) is 5.02 Å². The van der Waals surface area contributed by atoms with Crippen molar-refractivity contribution in [3.8, 4) is 23.0 Å². The first-order valence-electron chi connectivity index (χ1n) is 10.4. The van der Waals surface area contributed by atoms with Gasteiger partial charge in [-0.1, -0.05) is 23.7 Å². The van der Waals surface area contributed by atoms with E-state index < -0.39 is 11.9 Å². The molecule has 1 aliphatic heterocycles. The van der Waals surface area contributed by atoms with Gasteiger partial charge < -0.3 is 25.0 Å². The standard InChI is InChI=1S/C25H22ClNO6/c26-21-13-20-19(25(30)31)10-12-32-22(20)14-23(21)33-18-7-3-16(4-8-18)24(29)27-11-9-15-1-5-17(28)6-2-15/h1-8,13-14,19,28H,9-12H2,(H,27,29)(H,30,31). The number of phenols is 1. The lowest BCUT2D eigenvalue weighted by atomic mass is 9.93. The summed E-state index contributed by atoms with van der Waals surface area (Å²) >= 11 is 6.33. The summed E-state index contributed by atoms with van der Waals surface area (Å²) in [5.74, 6) is -0.319. The molecule has 7 nitrogen and oxygen atoms in total. The van der Waals surface area contributed by atoms with Crippen molar-refractivity contribution >= 4 is 23.5 Å². The molecule has 4 rings (SSSR count). The largest absolute Gasteiger partial charge is 0.508 e. The van der Waals surface area contributed by atoms with E-state index in [0.717, 1.165) is 5.56 Å². The predicted molar refractivity (Wildman–Crippen MR) is 123 cm³/mol. The number of hydrogen-bond donors (Lipinski definition) is 3. The minimum Gasteiger partial charge on any atom is -0.508 e. The highest BCUT2D eigenvalue weighted by Gasteiger charge is 2.29. The molecule has 0 spiro atoms. The zero-order chi connectivity index (χ0) is 23.4. The van der Waals surface area contributed by atoms with Crippen LogP contribution in [0.3, 0.4) is 0 Å². The molecule has 33 heavy (non-hydrogen) atoms. The lowest BCUT2D eigenvalue weighted by Crippen LogP contribution is -2.25. The molecule has 170 valence electrons. The van der Waals surface area contributed by atoms with Gasteiger partial charge in [0, 0.05) is 23.7 Å². The monoisotopic (exact) mass is 467 g/mol. The molecule has 3 aromatic rings. The Bertz CT molecular complexity index is 1160. The van der Waals surface area contributed by atoms with Crippen LogP contribution in [-0.2, 0) is 11.2 Å². The van der Waals surface area contributed by atoms with Gasteiger partial charge >= 0.3 is 5.97 Å². The van der Waals surface area contributed by atoms with Crippen molar-refractivity contribution in [2.24, 2.45) is 0 Å². The number of aliphatic carboxylic acids is 1. The molecule has 0 saturated heterocycles. The number of fused-ring (bicyclic) bond motifs is 1. The Balaban J connectivity index is 1.38. The highest BCUT2D eigenvalue weighted by Crippen LogP contribution is 2.41. The van der Waals surface area contributed by atoms with Gasteiger partial charge in [0.05, 0.1) is 17.5 Å². The molecule has 1 amide bonds. The number of carbonyl (C=O) groups excluding carboxylic acids is 1. The first-order valence-corrected chi connectivity index (χ1v) is 10.8. The van der Waals surface area contributed by atoms with Crippen molar-refractivity contribution in [1.29, 1.82) is 0 Å². The van der Waals surface area contributed by atoms with E-state index in [4.69, 9.17) is 21.1 Å². The van der Waals surface area contributed by atoms with E-state index in [1.807, 2.05) is 12.1 Å². The van der Waals surface area contributed by atoms with Crippen LogP contribution in [0.1, 0.15) is 33.8 Å². The molecule has 0 aliphatic carbocycles. The lowest BCUT2D eigenvalue weighted by Gasteiger charge is -2.24. The van der Waals surface area contributed by atoms with Gasteiger partial charge in [-0.2, -0.15) is 0 Å². The molecule has 0 bridgehead atoms. The van der Waals surface area contributed by atoms with Gasteiger partial charge in [0.25, 0.3) is 5.91 Å². The van der Waals surface area contributed by atoms with E-state index in [2.05, 4.69) is 5.32 Å². The Kier molecular flexibility index (Phi) is 6.70. The number of rotatable bonds is 7. The molecule has 3 aromatic carbocycles. The van der Waals surface area contributed by atoms with Crippen LogP contribution in [0.25, 0.3) is 0 Å². The third kappa shape index (κ3) is 5.38. The molecule has 1 unspecified atom stereocenters. The second kappa shape index (κ2) is 9.83. The maximum absolute atomic E-state index is 12.4. The lowest BCUT2D eigenvalue weighted by molar-refractivity contribution is -0.139. The molecule has 1 aliphatic rings. The number of amides is 1. The maximum atomic E-state index is 12.4. The van der Waals surface area contributed by atoms with Gasteiger partial charge in [0.15, 0.2) is 0 Å². The maximum Gasteiger partial charge on any atom is 0.311 e. The summed E-state index contributed by atoms with van der Waals surface area (Å²) in [5, 5.41) is 21.9. The fourth-order valence-corrected chi connectivity index (χ4v) is 3.82. The number of benzene rings is 3. The zero-order valence-electron chi connectivity index (χ0n) is 17.6. The van der Waals surface area contributed by atoms with Crippen molar-refractivity contribution in [3.63, 3.8) is 0 Å². The highest BCUT2D eigenvalue weighted by atomic mass is 35.5. The predicted octanol–water partition coefficient (Wildman–Crippen LogP) is 4.76. The molecule has 1 atom stereocenters. The van der Waals surface area contributed by atoms with E-state index in [-0.39, 0.29) is 16.7 Å². The molecular formula is C25H22ClNO6. The molecule has 0 saturated carbocycles. The van der Waals surface area contributed by atoms with Crippen LogP contribution in [0.4, 0.5) is 0 Å². The summed E-state index contributed by atoms with van der Waals surface area (Å²) in [6, 6.07) is 16.6. The van der Waals surface area contributed by atoms with Crippen LogP contribution < -0.4 is 14.8 Å². The number of ether oxygens (including phenoxy) is 2. The Morgan fingerprint density at radius 3 is 2.52 bits per heavy atom. The molecule has 0 aromatic heterocycles. The molecule has 3 N–H and O–H groups in total. The minimum absolute atomic E-state index is 0.207. The van der Waals surface area contributed by atoms with E-state index >= 15 is 0 Å². The van der Waals surface area contributed by atoms with Crippen LogP contribution in [-0.4, -0.2) is 35.2 Å². The van der Waals surface area contributed by atoms with Gasteiger partial charge in [-0.15, -0.1) is 0 Å². The number of nitrogens with one attached hydrogen (secondary N) is 1. The fraction of sp³-hybridized carbons (Fsp3) is 0.200. The van der Waals surface area contributed by atoms with Crippen LogP contribution in [0.15, 0.2) is 60.7 Å². The molecule has 8 heteroatoms. The first-order chi connectivity index (χ1) is 15.9. The summed E-state index contributed by atoms with van der Waals surface area (Å²) in [5.41, 5.74) is 2.03. The number of carboxylic acids is 1. The summed E-state index contributed by atoms with van der Waals surface area (Å²) in [4.78, 5) is 23.9. The third-order valence-electron chi connectivity index (χ3n) is 5.38. The van der Waals surface area contributed by atoms with Crippen molar-refractivity contribution in [3.05, 3.63) is 82.4 Å². The Morgan fingerprint density at radius 2 is 1.82 bits per heavy atom. The Labute approximate surface area is 195 Å². The summed E-state index contributed by atoms with van der Waals surface area (Å²) in [6.07, 6.45) is 1.03. The van der Waals surface area contributed by atoms with E-state index in [9.17, 15) is 19.8 Å². The van der Waals surface area contributed by atoms with Gasteiger partial charge in [-0.25, -0.2) is 0 Å². The molecular weight excluding hydrogens is 446 g/mol. The number of phenolic OH excluding ortho intramolecular Hbond substituents is 1. The first kappa shape index (κ1) is 22.5. The van der Waals surface area contributed by atoms with Gasteiger partial charge in [-0.05, 0) is 60.9 Å². The molecule has 0 fully saturated rings. The van der Waals surface area contributed by atoms with Gasteiger partial charge in [0.2, 0.25) is 0 Å². The van der Waals surface area contributed by atoms with Crippen molar-refractivity contribution in [2.75, 3.05) is 13.2 Å². The number of halogens is 1. The highest BCUT2D eigenvalue weighted by molar-refractivity contribution is 6.32. The summed E-state index contributed by atoms with van der Waals surface area (Å²) in [6.45, 7) is 0.769. The molecule has 1 heterocycles. The number of hydrogen-bond acceptors (Lipinski definition) is 5. The van der Waals surface area contributed by atoms with E-state index in [0.29, 0.717) is 54.4 Å². The third-order valence-corrected chi connectivity index (χ3v) is 5.68. The Hall–Kier alpha value is -3.71.